The van der Waals surface area contributed by atoms with Crippen LogP contribution >= 0.6 is 35.3 Å². The summed E-state index contributed by atoms with van der Waals surface area (Å²) in [6.45, 7) is 11.9. The van der Waals surface area contributed by atoms with Crippen molar-refractivity contribution < 1.29 is 0 Å². The van der Waals surface area contributed by atoms with Crippen molar-refractivity contribution >= 4 is 41.3 Å². The number of aromatic nitrogens is 1. The van der Waals surface area contributed by atoms with E-state index in [9.17, 15) is 0 Å². The van der Waals surface area contributed by atoms with Gasteiger partial charge in [0.05, 0.1) is 10.7 Å². The molecule has 1 aromatic heterocycles. The zero-order valence-corrected chi connectivity index (χ0v) is 19.2. The maximum absolute atomic E-state index is 4.69. The average Bonchev–Trinajstić information content (AvgIpc) is 3.04. The Kier molecular flexibility index (Phi) is 10.9. The number of aliphatic imine (C=N–C) groups is 1. The molecule has 1 aromatic rings. The molecule has 0 bridgehead atoms. The van der Waals surface area contributed by atoms with Crippen LogP contribution in [-0.2, 0) is 13.0 Å². The lowest BCUT2D eigenvalue weighted by Crippen LogP contribution is -2.43. The topological polar surface area (TPSA) is 52.6 Å². The number of hydrogen-bond donors (Lipinski definition) is 2. The summed E-state index contributed by atoms with van der Waals surface area (Å²) in [7, 11) is 1.84. The molecular formula is C18H34IN5S. The SMILES string of the molecule is CCc1nc(CN2CCC(CNC(=NC)NCC(C)C)CC2)cs1.I. The van der Waals surface area contributed by atoms with E-state index in [0.717, 1.165) is 37.9 Å². The van der Waals surface area contributed by atoms with Crippen molar-refractivity contribution in [2.75, 3.05) is 33.2 Å². The Morgan fingerprint density at radius 2 is 2.08 bits per heavy atom. The summed E-state index contributed by atoms with van der Waals surface area (Å²) >= 11 is 1.79. The van der Waals surface area contributed by atoms with Crippen molar-refractivity contribution in [2.45, 2.75) is 46.6 Å². The zero-order valence-electron chi connectivity index (χ0n) is 16.0. The highest BCUT2D eigenvalue weighted by molar-refractivity contribution is 14.0. The fraction of sp³-hybridized carbons (Fsp3) is 0.778. The molecule has 5 nitrogen and oxygen atoms in total. The van der Waals surface area contributed by atoms with Gasteiger partial charge in [-0.2, -0.15) is 0 Å². The number of rotatable bonds is 7. The molecule has 0 unspecified atom stereocenters. The van der Waals surface area contributed by atoms with Crippen molar-refractivity contribution in [2.24, 2.45) is 16.8 Å². The number of guanidine groups is 1. The third kappa shape index (κ3) is 8.21. The highest BCUT2D eigenvalue weighted by atomic mass is 127. The van der Waals surface area contributed by atoms with Crippen LogP contribution in [0, 0.1) is 11.8 Å². The van der Waals surface area contributed by atoms with Crippen LogP contribution in [0.4, 0.5) is 0 Å². The van der Waals surface area contributed by atoms with Gasteiger partial charge in [0.25, 0.3) is 0 Å². The first-order chi connectivity index (χ1) is 11.6. The van der Waals surface area contributed by atoms with Crippen molar-refractivity contribution in [3.8, 4) is 0 Å². The summed E-state index contributed by atoms with van der Waals surface area (Å²) in [6, 6.07) is 0. The van der Waals surface area contributed by atoms with Gasteiger partial charge >= 0.3 is 0 Å². The predicted molar refractivity (Wildman–Crippen MR) is 119 cm³/mol. The lowest BCUT2D eigenvalue weighted by Gasteiger charge is -2.31. The van der Waals surface area contributed by atoms with Crippen LogP contribution in [0.3, 0.4) is 0 Å². The van der Waals surface area contributed by atoms with Crippen molar-refractivity contribution in [3.05, 3.63) is 16.1 Å². The second-order valence-corrected chi connectivity index (χ2v) is 7.98. The summed E-state index contributed by atoms with van der Waals surface area (Å²) in [6.07, 6.45) is 3.54. The lowest BCUT2D eigenvalue weighted by molar-refractivity contribution is 0.176. The van der Waals surface area contributed by atoms with Gasteiger partial charge in [0, 0.05) is 32.1 Å². The van der Waals surface area contributed by atoms with Gasteiger partial charge in [-0.3, -0.25) is 9.89 Å². The average molecular weight is 479 g/mol. The predicted octanol–water partition coefficient (Wildman–Crippen LogP) is 3.36. The van der Waals surface area contributed by atoms with Gasteiger partial charge in [-0.15, -0.1) is 35.3 Å². The Hall–Kier alpha value is -0.410. The maximum Gasteiger partial charge on any atom is 0.190 e. The Labute approximate surface area is 174 Å². The lowest BCUT2D eigenvalue weighted by atomic mass is 9.97. The molecule has 0 amide bonds. The number of hydrogen-bond acceptors (Lipinski definition) is 4. The van der Waals surface area contributed by atoms with Crippen molar-refractivity contribution in [3.63, 3.8) is 0 Å². The summed E-state index contributed by atoms with van der Waals surface area (Å²) in [5.41, 5.74) is 1.24. The number of likely N-dealkylation sites (tertiary alicyclic amines) is 1. The third-order valence-electron chi connectivity index (χ3n) is 4.45. The molecule has 0 aromatic carbocycles. The number of thiazole rings is 1. The van der Waals surface area contributed by atoms with E-state index in [-0.39, 0.29) is 24.0 Å². The largest absolute Gasteiger partial charge is 0.356 e. The standard InChI is InChI=1S/C18H33N5S.HI/c1-5-17-22-16(13-24-17)12-23-8-6-15(7-9-23)11-21-18(19-4)20-10-14(2)3;/h13-15H,5-12H2,1-4H3,(H2,19,20,21);1H. The fourth-order valence-electron chi connectivity index (χ4n) is 2.92. The van der Waals surface area contributed by atoms with E-state index in [0.29, 0.717) is 5.92 Å². The van der Waals surface area contributed by atoms with E-state index in [2.05, 4.69) is 51.7 Å². The summed E-state index contributed by atoms with van der Waals surface area (Å²) in [5.74, 6) is 2.30. The van der Waals surface area contributed by atoms with Crippen LogP contribution in [-0.4, -0.2) is 49.1 Å². The fourth-order valence-corrected chi connectivity index (χ4v) is 3.66. The van der Waals surface area contributed by atoms with E-state index in [1.807, 2.05) is 7.05 Å². The molecule has 1 saturated heterocycles. The summed E-state index contributed by atoms with van der Waals surface area (Å²) in [4.78, 5) is 11.5. The highest BCUT2D eigenvalue weighted by Crippen LogP contribution is 2.19. The Morgan fingerprint density at radius 3 is 2.64 bits per heavy atom. The number of aryl methyl sites for hydroxylation is 1. The molecule has 2 heterocycles. The van der Waals surface area contributed by atoms with Crippen LogP contribution in [0.1, 0.15) is 44.3 Å². The number of piperidine rings is 1. The molecule has 1 fully saturated rings. The smallest absolute Gasteiger partial charge is 0.190 e. The molecule has 25 heavy (non-hydrogen) atoms. The second-order valence-electron chi connectivity index (χ2n) is 7.03. The summed E-state index contributed by atoms with van der Waals surface area (Å²) < 4.78 is 0. The van der Waals surface area contributed by atoms with E-state index < -0.39 is 0 Å². The van der Waals surface area contributed by atoms with Crippen LogP contribution in [0.15, 0.2) is 10.4 Å². The normalized spacial score (nSPS) is 16.8. The molecule has 144 valence electrons. The molecule has 2 rings (SSSR count). The molecule has 7 heteroatoms. The minimum atomic E-state index is 0. The number of nitrogens with zero attached hydrogens (tertiary/aromatic N) is 3. The van der Waals surface area contributed by atoms with Crippen LogP contribution in [0.25, 0.3) is 0 Å². The van der Waals surface area contributed by atoms with E-state index in [4.69, 9.17) is 0 Å². The monoisotopic (exact) mass is 479 g/mol. The van der Waals surface area contributed by atoms with Gasteiger partial charge in [0.15, 0.2) is 5.96 Å². The number of nitrogens with one attached hydrogen (secondary N) is 2. The minimum Gasteiger partial charge on any atom is -0.356 e. The van der Waals surface area contributed by atoms with Gasteiger partial charge < -0.3 is 10.6 Å². The van der Waals surface area contributed by atoms with Crippen molar-refractivity contribution in [1.29, 1.82) is 0 Å². The second kappa shape index (κ2) is 12.1. The summed E-state index contributed by atoms with van der Waals surface area (Å²) in [5, 5.41) is 10.3. The Morgan fingerprint density at radius 1 is 1.36 bits per heavy atom. The Bertz CT molecular complexity index is 509. The maximum atomic E-state index is 4.69. The molecule has 1 aliphatic heterocycles. The van der Waals surface area contributed by atoms with E-state index >= 15 is 0 Å². The van der Waals surface area contributed by atoms with Gasteiger partial charge in [-0.05, 0) is 44.2 Å². The Balaban J connectivity index is 0.00000312. The molecule has 0 radical (unpaired) electrons. The molecule has 0 aliphatic carbocycles. The van der Waals surface area contributed by atoms with Crippen LogP contribution in [0.5, 0.6) is 0 Å². The minimum absolute atomic E-state index is 0. The van der Waals surface area contributed by atoms with Gasteiger partial charge in [0.2, 0.25) is 0 Å². The van der Waals surface area contributed by atoms with E-state index in [1.165, 1.54) is 36.6 Å². The van der Waals surface area contributed by atoms with Gasteiger partial charge in [-0.1, -0.05) is 20.8 Å². The first kappa shape index (κ1) is 22.6. The van der Waals surface area contributed by atoms with Crippen LogP contribution < -0.4 is 10.6 Å². The molecule has 2 N–H and O–H groups in total. The quantitative estimate of drug-likeness (QED) is 0.358. The van der Waals surface area contributed by atoms with E-state index in [1.54, 1.807) is 11.3 Å². The highest BCUT2D eigenvalue weighted by Gasteiger charge is 2.20. The first-order valence-electron chi connectivity index (χ1n) is 9.20. The van der Waals surface area contributed by atoms with Crippen molar-refractivity contribution in [1.82, 2.24) is 20.5 Å². The molecular weight excluding hydrogens is 445 g/mol. The molecule has 0 spiro atoms. The molecule has 1 aliphatic rings. The molecule has 0 atom stereocenters. The molecule has 0 saturated carbocycles. The third-order valence-corrected chi connectivity index (χ3v) is 5.50. The number of halogens is 1. The first-order valence-corrected chi connectivity index (χ1v) is 10.1. The van der Waals surface area contributed by atoms with Gasteiger partial charge in [0.1, 0.15) is 0 Å². The van der Waals surface area contributed by atoms with Gasteiger partial charge in [-0.25, -0.2) is 4.98 Å². The van der Waals surface area contributed by atoms with Crippen LogP contribution in [0.2, 0.25) is 0 Å². The zero-order chi connectivity index (χ0) is 17.4.